The van der Waals surface area contributed by atoms with E-state index in [4.69, 9.17) is 5.73 Å². The van der Waals surface area contributed by atoms with Crippen LogP contribution in [0.1, 0.15) is 5.56 Å². The molecule has 0 saturated carbocycles. The first-order valence-corrected chi connectivity index (χ1v) is 6.07. The van der Waals surface area contributed by atoms with Gasteiger partial charge in [0.25, 0.3) is 0 Å². The van der Waals surface area contributed by atoms with Gasteiger partial charge in [-0.3, -0.25) is 4.72 Å². The summed E-state index contributed by atoms with van der Waals surface area (Å²) in [6, 6.07) is 4.23. The molecule has 0 aromatic heterocycles. The molecule has 0 bridgehead atoms. The van der Waals surface area contributed by atoms with Crippen molar-refractivity contribution in [2.45, 2.75) is 6.92 Å². The quantitative estimate of drug-likeness (QED) is 0.807. The van der Waals surface area contributed by atoms with Gasteiger partial charge < -0.3 is 5.73 Å². The molecule has 0 radical (unpaired) electrons. The molecule has 6 heteroatoms. The van der Waals surface area contributed by atoms with Gasteiger partial charge >= 0.3 is 0 Å². The summed E-state index contributed by atoms with van der Waals surface area (Å²) in [6.45, 7) is 1.54. The van der Waals surface area contributed by atoms with Gasteiger partial charge in [0, 0.05) is 12.1 Å². The number of rotatable bonds is 4. The fourth-order valence-corrected chi connectivity index (χ4v) is 2.06. The molecule has 0 aliphatic heterocycles. The summed E-state index contributed by atoms with van der Waals surface area (Å²) in [5.41, 5.74) is 5.67. The third-order valence-electron chi connectivity index (χ3n) is 1.92. The number of hydrogen-bond donors (Lipinski definition) is 2. The van der Waals surface area contributed by atoms with Crippen LogP contribution in [-0.2, 0) is 10.0 Å². The average molecular weight is 232 g/mol. The van der Waals surface area contributed by atoms with Crippen LogP contribution in [0.15, 0.2) is 18.2 Å². The summed E-state index contributed by atoms with van der Waals surface area (Å²) < 4.78 is 38.1. The molecule has 0 heterocycles. The lowest BCUT2D eigenvalue weighted by atomic mass is 10.2. The standard InChI is InChI=1S/C9H13FN2O2S/c1-7-8(10)3-2-4-9(7)12-15(13,14)6-5-11/h2-4,12H,5-6,11H2,1H3. The van der Waals surface area contributed by atoms with Gasteiger partial charge in [0.2, 0.25) is 10.0 Å². The summed E-state index contributed by atoms with van der Waals surface area (Å²) in [5.74, 6) is -0.619. The molecule has 3 N–H and O–H groups in total. The molecule has 1 aromatic rings. The Morgan fingerprint density at radius 1 is 1.47 bits per heavy atom. The lowest BCUT2D eigenvalue weighted by Crippen LogP contribution is -2.22. The first kappa shape index (κ1) is 11.9. The predicted octanol–water partition coefficient (Wildman–Crippen LogP) is 0.835. The normalized spacial score (nSPS) is 11.4. The van der Waals surface area contributed by atoms with E-state index in [1.807, 2.05) is 0 Å². The van der Waals surface area contributed by atoms with Gasteiger partial charge in [0.05, 0.1) is 11.4 Å². The lowest BCUT2D eigenvalue weighted by molar-refractivity contribution is 0.600. The zero-order chi connectivity index (χ0) is 11.5. The minimum Gasteiger partial charge on any atom is -0.329 e. The van der Waals surface area contributed by atoms with E-state index < -0.39 is 15.8 Å². The Hall–Kier alpha value is -1.14. The minimum atomic E-state index is -3.47. The Morgan fingerprint density at radius 2 is 2.13 bits per heavy atom. The van der Waals surface area contributed by atoms with E-state index in [0.717, 1.165) is 0 Å². The molecule has 0 saturated heterocycles. The summed E-state index contributed by atoms with van der Waals surface area (Å²) in [5, 5.41) is 0. The number of nitrogens with one attached hydrogen (secondary N) is 1. The Kier molecular flexibility index (Phi) is 3.65. The summed E-state index contributed by atoms with van der Waals surface area (Å²) in [7, 11) is -3.47. The third kappa shape index (κ3) is 3.17. The van der Waals surface area contributed by atoms with Gasteiger partial charge in [0.1, 0.15) is 5.82 Å². The summed E-state index contributed by atoms with van der Waals surface area (Å²) >= 11 is 0. The van der Waals surface area contributed by atoms with Crippen LogP contribution in [0.3, 0.4) is 0 Å². The fraction of sp³-hybridized carbons (Fsp3) is 0.333. The summed E-state index contributed by atoms with van der Waals surface area (Å²) in [6.07, 6.45) is 0. The minimum absolute atomic E-state index is 0.0314. The van der Waals surface area contributed by atoms with Gasteiger partial charge in [-0.2, -0.15) is 0 Å². The largest absolute Gasteiger partial charge is 0.329 e. The number of hydrogen-bond acceptors (Lipinski definition) is 3. The van der Waals surface area contributed by atoms with Gasteiger partial charge in [-0.15, -0.1) is 0 Å². The highest BCUT2D eigenvalue weighted by Crippen LogP contribution is 2.18. The van der Waals surface area contributed by atoms with E-state index in [1.165, 1.54) is 25.1 Å². The zero-order valence-corrected chi connectivity index (χ0v) is 9.14. The monoisotopic (exact) mass is 232 g/mol. The van der Waals surface area contributed by atoms with Crippen LogP contribution in [0.25, 0.3) is 0 Å². The van der Waals surface area contributed by atoms with Crippen LogP contribution in [0.2, 0.25) is 0 Å². The van der Waals surface area contributed by atoms with Gasteiger partial charge in [-0.1, -0.05) is 6.07 Å². The van der Waals surface area contributed by atoms with Gasteiger partial charge in [-0.05, 0) is 19.1 Å². The van der Waals surface area contributed by atoms with Crippen molar-refractivity contribution < 1.29 is 12.8 Å². The van der Waals surface area contributed by atoms with Crippen molar-refractivity contribution in [2.24, 2.45) is 5.73 Å². The molecule has 15 heavy (non-hydrogen) atoms. The maximum Gasteiger partial charge on any atom is 0.233 e. The molecule has 0 fully saturated rings. The summed E-state index contributed by atoms with van der Waals surface area (Å²) in [4.78, 5) is 0. The Balaban J connectivity index is 2.95. The van der Waals surface area contributed by atoms with Gasteiger partial charge in [-0.25, -0.2) is 12.8 Å². The van der Waals surface area contributed by atoms with Crippen molar-refractivity contribution in [3.05, 3.63) is 29.6 Å². The van der Waals surface area contributed by atoms with E-state index in [-0.39, 0.29) is 23.5 Å². The third-order valence-corrected chi connectivity index (χ3v) is 3.22. The number of benzene rings is 1. The smallest absolute Gasteiger partial charge is 0.233 e. The van der Waals surface area contributed by atoms with Crippen LogP contribution < -0.4 is 10.5 Å². The second-order valence-corrected chi connectivity index (χ2v) is 4.96. The van der Waals surface area contributed by atoms with Crippen LogP contribution in [-0.4, -0.2) is 20.7 Å². The maximum atomic E-state index is 13.1. The Bertz CT molecular complexity index is 445. The van der Waals surface area contributed by atoms with Crippen molar-refractivity contribution in [3.63, 3.8) is 0 Å². The first-order chi connectivity index (χ1) is 6.96. The molecule has 0 aliphatic rings. The second kappa shape index (κ2) is 4.59. The van der Waals surface area contributed by atoms with E-state index in [2.05, 4.69) is 4.72 Å². The second-order valence-electron chi connectivity index (χ2n) is 3.12. The molecule has 1 aromatic carbocycles. The van der Waals surface area contributed by atoms with Crippen LogP contribution >= 0.6 is 0 Å². The SMILES string of the molecule is Cc1c(F)cccc1NS(=O)(=O)CCN. The highest BCUT2D eigenvalue weighted by molar-refractivity contribution is 7.92. The Morgan fingerprint density at radius 3 is 2.73 bits per heavy atom. The number of nitrogens with two attached hydrogens (primary N) is 1. The first-order valence-electron chi connectivity index (χ1n) is 4.42. The van der Waals surface area contributed by atoms with Crippen molar-refractivity contribution in [2.75, 3.05) is 17.0 Å². The van der Waals surface area contributed by atoms with Gasteiger partial charge in [0.15, 0.2) is 0 Å². The average Bonchev–Trinajstić information content (AvgIpc) is 2.12. The molecule has 1 rings (SSSR count). The fourth-order valence-electron chi connectivity index (χ4n) is 1.09. The van der Waals surface area contributed by atoms with E-state index in [1.54, 1.807) is 0 Å². The number of anilines is 1. The van der Waals surface area contributed by atoms with Crippen molar-refractivity contribution >= 4 is 15.7 Å². The van der Waals surface area contributed by atoms with Crippen molar-refractivity contribution in [1.82, 2.24) is 0 Å². The highest BCUT2D eigenvalue weighted by Gasteiger charge is 2.11. The van der Waals surface area contributed by atoms with E-state index >= 15 is 0 Å². The molecule has 4 nitrogen and oxygen atoms in total. The van der Waals surface area contributed by atoms with Crippen LogP contribution in [0, 0.1) is 12.7 Å². The molecule has 84 valence electrons. The molecule has 0 unspecified atom stereocenters. The predicted molar refractivity (Wildman–Crippen MR) is 57.6 cm³/mol. The molecule has 0 atom stereocenters. The lowest BCUT2D eigenvalue weighted by Gasteiger charge is -2.09. The Labute approximate surface area is 88.3 Å². The van der Waals surface area contributed by atoms with Crippen LogP contribution in [0.4, 0.5) is 10.1 Å². The molecular weight excluding hydrogens is 219 g/mol. The molecule has 0 amide bonds. The maximum absolute atomic E-state index is 13.1. The highest BCUT2D eigenvalue weighted by atomic mass is 32.2. The molecule has 0 spiro atoms. The van der Waals surface area contributed by atoms with Crippen LogP contribution in [0.5, 0.6) is 0 Å². The molecular formula is C9H13FN2O2S. The molecule has 0 aliphatic carbocycles. The van der Waals surface area contributed by atoms with Crippen molar-refractivity contribution in [3.8, 4) is 0 Å². The number of sulfonamides is 1. The zero-order valence-electron chi connectivity index (χ0n) is 8.33. The topological polar surface area (TPSA) is 72.2 Å². The van der Waals surface area contributed by atoms with E-state index in [0.29, 0.717) is 0 Å². The van der Waals surface area contributed by atoms with Crippen molar-refractivity contribution in [1.29, 1.82) is 0 Å². The van der Waals surface area contributed by atoms with E-state index in [9.17, 15) is 12.8 Å². The number of halogens is 1.